The van der Waals surface area contributed by atoms with E-state index >= 15 is 0 Å². The van der Waals surface area contributed by atoms with Crippen molar-refractivity contribution >= 4 is 16.9 Å². The van der Waals surface area contributed by atoms with Gasteiger partial charge in [-0.15, -0.1) is 0 Å². The summed E-state index contributed by atoms with van der Waals surface area (Å²) in [6, 6.07) is 3.83. The van der Waals surface area contributed by atoms with Crippen molar-refractivity contribution in [3.05, 3.63) is 30.3 Å². The first-order valence-electron chi connectivity index (χ1n) is 7.95. The average molecular weight is 299 g/mol. The number of nitrogens with one attached hydrogen (secondary N) is 1. The van der Waals surface area contributed by atoms with Crippen LogP contribution in [0.1, 0.15) is 37.2 Å². The molecule has 0 radical (unpaired) electrons. The number of nitrogens with zero attached hydrogens (tertiary/aromatic N) is 2. The normalized spacial score (nSPS) is 29.6. The molecule has 1 atom stereocenters. The number of piperidine rings is 3. The molecule has 2 bridgehead atoms. The van der Waals surface area contributed by atoms with Crippen molar-refractivity contribution in [1.82, 2.24) is 15.2 Å². The van der Waals surface area contributed by atoms with Crippen molar-refractivity contribution in [2.24, 2.45) is 5.92 Å². The van der Waals surface area contributed by atoms with Crippen molar-refractivity contribution in [2.45, 2.75) is 38.3 Å². The van der Waals surface area contributed by atoms with E-state index in [2.05, 4.69) is 29.0 Å². The van der Waals surface area contributed by atoms with Gasteiger partial charge in [-0.1, -0.05) is 0 Å². The monoisotopic (exact) mass is 299 g/mol. The molecule has 3 aliphatic rings. The standard InChI is InChI=1S/C17H21N3O2/c1-17(2)15(11-3-6-20(17)7-4-11)19-16(21)13-9-12-5-8-22-14(12)10-18-13/h5,8-11,15H,3-4,6-7H2,1-2H3,(H,19,21). The van der Waals surface area contributed by atoms with E-state index in [1.807, 2.05) is 6.07 Å². The number of pyridine rings is 1. The highest BCUT2D eigenvalue weighted by Crippen LogP contribution is 2.39. The van der Waals surface area contributed by atoms with Gasteiger partial charge >= 0.3 is 0 Å². The molecule has 0 aromatic carbocycles. The lowest BCUT2D eigenvalue weighted by Gasteiger charge is -2.56. The molecular formula is C17H21N3O2. The third-order valence-electron chi connectivity index (χ3n) is 5.45. The summed E-state index contributed by atoms with van der Waals surface area (Å²) in [4.78, 5) is 19.3. The number of fused-ring (bicyclic) bond motifs is 4. The first-order chi connectivity index (χ1) is 10.6. The number of amides is 1. The molecule has 2 aromatic rings. The van der Waals surface area contributed by atoms with Crippen LogP contribution in [0, 0.1) is 5.92 Å². The van der Waals surface area contributed by atoms with Gasteiger partial charge in [-0.3, -0.25) is 9.69 Å². The molecular weight excluding hydrogens is 278 g/mol. The van der Waals surface area contributed by atoms with Gasteiger partial charge in [-0.2, -0.15) is 0 Å². The lowest BCUT2D eigenvalue weighted by Crippen LogP contribution is -2.69. The molecule has 5 heteroatoms. The molecule has 116 valence electrons. The van der Waals surface area contributed by atoms with Crippen molar-refractivity contribution < 1.29 is 9.21 Å². The highest BCUT2D eigenvalue weighted by Gasteiger charge is 2.48. The molecule has 3 fully saturated rings. The minimum absolute atomic E-state index is 0.0105. The molecule has 5 heterocycles. The summed E-state index contributed by atoms with van der Waals surface area (Å²) in [5, 5.41) is 4.15. The van der Waals surface area contributed by atoms with E-state index in [1.54, 1.807) is 18.5 Å². The highest BCUT2D eigenvalue weighted by atomic mass is 16.3. The zero-order valence-electron chi connectivity index (χ0n) is 13.0. The Morgan fingerprint density at radius 1 is 1.41 bits per heavy atom. The Bertz CT molecular complexity index is 714. The zero-order valence-corrected chi connectivity index (χ0v) is 13.0. The predicted octanol–water partition coefficient (Wildman–Crippen LogP) is 2.43. The van der Waals surface area contributed by atoms with E-state index in [0.717, 1.165) is 18.5 Å². The van der Waals surface area contributed by atoms with Gasteiger partial charge in [0.05, 0.1) is 12.5 Å². The molecule has 5 nitrogen and oxygen atoms in total. The van der Waals surface area contributed by atoms with E-state index in [1.165, 1.54) is 12.8 Å². The minimum Gasteiger partial charge on any atom is -0.463 e. The van der Waals surface area contributed by atoms with E-state index < -0.39 is 0 Å². The minimum atomic E-state index is -0.0880. The van der Waals surface area contributed by atoms with Crippen LogP contribution in [0.15, 0.2) is 29.0 Å². The van der Waals surface area contributed by atoms with Gasteiger partial charge in [0, 0.05) is 17.0 Å². The molecule has 2 aromatic heterocycles. The molecule has 1 amide bonds. The second-order valence-corrected chi connectivity index (χ2v) is 6.96. The predicted molar refractivity (Wildman–Crippen MR) is 83.6 cm³/mol. The lowest BCUT2D eigenvalue weighted by molar-refractivity contribution is -0.0378. The van der Waals surface area contributed by atoms with Crippen LogP contribution in [0.4, 0.5) is 0 Å². The van der Waals surface area contributed by atoms with Gasteiger partial charge in [0.1, 0.15) is 5.69 Å². The van der Waals surface area contributed by atoms with Crippen LogP contribution < -0.4 is 5.32 Å². The van der Waals surface area contributed by atoms with Crippen LogP contribution in [0.2, 0.25) is 0 Å². The van der Waals surface area contributed by atoms with Crippen molar-refractivity contribution in [2.75, 3.05) is 13.1 Å². The Morgan fingerprint density at radius 2 is 2.18 bits per heavy atom. The fraction of sp³-hybridized carbons (Fsp3) is 0.529. The number of rotatable bonds is 2. The van der Waals surface area contributed by atoms with E-state index in [-0.39, 0.29) is 17.5 Å². The number of aromatic nitrogens is 1. The highest BCUT2D eigenvalue weighted by molar-refractivity contribution is 5.95. The van der Waals surface area contributed by atoms with Gasteiger partial charge in [-0.05, 0) is 57.8 Å². The molecule has 5 rings (SSSR count). The summed E-state index contributed by atoms with van der Waals surface area (Å²) in [7, 11) is 0. The number of hydrogen-bond acceptors (Lipinski definition) is 4. The first-order valence-corrected chi connectivity index (χ1v) is 7.95. The number of carbonyl (C=O) groups excluding carboxylic acids is 1. The molecule has 0 saturated carbocycles. The Balaban J connectivity index is 1.58. The summed E-state index contributed by atoms with van der Waals surface area (Å²) in [5.74, 6) is 0.483. The number of furan rings is 1. The molecule has 1 unspecified atom stereocenters. The number of carbonyl (C=O) groups is 1. The molecule has 1 N–H and O–H groups in total. The Hall–Kier alpha value is -1.88. The molecule has 22 heavy (non-hydrogen) atoms. The summed E-state index contributed by atoms with van der Waals surface area (Å²) in [6.45, 7) is 6.75. The van der Waals surface area contributed by atoms with Gasteiger partial charge in [0.25, 0.3) is 5.91 Å². The third kappa shape index (κ3) is 2.03. The van der Waals surface area contributed by atoms with Crippen molar-refractivity contribution in [3.63, 3.8) is 0 Å². The van der Waals surface area contributed by atoms with Gasteiger partial charge in [0.15, 0.2) is 5.58 Å². The summed E-state index contributed by atoms with van der Waals surface area (Å²) in [5.41, 5.74) is 1.18. The summed E-state index contributed by atoms with van der Waals surface area (Å²) < 4.78 is 5.28. The fourth-order valence-corrected chi connectivity index (χ4v) is 4.08. The van der Waals surface area contributed by atoms with E-state index in [0.29, 0.717) is 17.2 Å². The summed E-state index contributed by atoms with van der Waals surface area (Å²) in [6.07, 6.45) is 5.57. The van der Waals surface area contributed by atoms with Crippen LogP contribution in [0.25, 0.3) is 11.0 Å². The lowest BCUT2D eigenvalue weighted by atomic mass is 9.72. The average Bonchev–Trinajstić information content (AvgIpc) is 2.98. The van der Waals surface area contributed by atoms with Crippen LogP contribution in [0.5, 0.6) is 0 Å². The molecule has 0 spiro atoms. The van der Waals surface area contributed by atoms with Gasteiger partial charge in [-0.25, -0.2) is 4.98 Å². The maximum Gasteiger partial charge on any atom is 0.270 e. The molecule has 3 saturated heterocycles. The molecule has 3 aliphatic heterocycles. The smallest absolute Gasteiger partial charge is 0.270 e. The third-order valence-corrected chi connectivity index (χ3v) is 5.45. The SMILES string of the molecule is CC1(C)C(NC(=O)c2cc3ccoc3cn2)C2CCN1CC2. The van der Waals surface area contributed by atoms with Crippen molar-refractivity contribution in [1.29, 1.82) is 0 Å². The maximum atomic E-state index is 12.6. The largest absolute Gasteiger partial charge is 0.463 e. The van der Waals surface area contributed by atoms with E-state index in [9.17, 15) is 4.79 Å². The van der Waals surface area contributed by atoms with E-state index in [4.69, 9.17) is 4.42 Å². The Morgan fingerprint density at radius 3 is 2.91 bits per heavy atom. The van der Waals surface area contributed by atoms with Crippen LogP contribution >= 0.6 is 0 Å². The zero-order chi connectivity index (χ0) is 15.3. The molecule has 0 aliphatic carbocycles. The van der Waals surface area contributed by atoms with Gasteiger partial charge in [0.2, 0.25) is 0 Å². The second-order valence-electron chi connectivity index (χ2n) is 6.96. The number of hydrogen-bond donors (Lipinski definition) is 1. The van der Waals surface area contributed by atoms with Crippen LogP contribution in [-0.4, -0.2) is 40.5 Å². The van der Waals surface area contributed by atoms with Gasteiger partial charge < -0.3 is 9.73 Å². The quantitative estimate of drug-likeness (QED) is 0.925. The Labute approximate surface area is 129 Å². The fourth-order valence-electron chi connectivity index (χ4n) is 4.08. The first kappa shape index (κ1) is 13.8. The topological polar surface area (TPSA) is 58.4 Å². The van der Waals surface area contributed by atoms with Crippen LogP contribution in [0.3, 0.4) is 0 Å². The van der Waals surface area contributed by atoms with Crippen LogP contribution in [-0.2, 0) is 0 Å². The second kappa shape index (κ2) is 4.81. The Kier molecular flexibility index (Phi) is 3.01. The maximum absolute atomic E-state index is 12.6. The summed E-state index contributed by atoms with van der Waals surface area (Å²) >= 11 is 0. The van der Waals surface area contributed by atoms with Crippen molar-refractivity contribution in [3.8, 4) is 0 Å².